The van der Waals surface area contributed by atoms with Crippen LogP contribution in [0.5, 0.6) is 0 Å². The Balaban J connectivity index is 2.39. The molecule has 0 aliphatic heterocycles. The average Bonchev–Trinajstić information content (AvgIpc) is 2.63. The second-order valence-corrected chi connectivity index (χ2v) is 4.78. The first-order valence-corrected chi connectivity index (χ1v) is 6.33. The van der Waals surface area contributed by atoms with Crippen molar-refractivity contribution in [1.82, 2.24) is 0 Å². The van der Waals surface area contributed by atoms with Crippen LogP contribution in [0.1, 0.15) is 38.6 Å². The molecule has 0 saturated heterocycles. The Labute approximate surface area is 118 Å². The number of nitrogens with one attached hydrogen (secondary N) is 1. The van der Waals surface area contributed by atoms with Crippen LogP contribution in [0, 0.1) is 39.0 Å². The first kappa shape index (κ1) is 13.9. The van der Waals surface area contributed by atoms with Crippen LogP contribution in [-0.2, 0) is 0 Å². The SMILES string of the molecule is Cc1cccc(NC(=O)c2c(C)oc(C)c2C)c1C#N. The van der Waals surface area contributed by atoms with Gasteiger partial charge in [-0.25, -0.2) is 0 Å². The van der Waals surface area contributed by atoms with Gasteiger partial charge in [-0.05, 0) is 39.3 Å². The van der Waals surface area contributed by atoms with E-state index in [4.69, 9.17) is 4.42 Å². The molecule has 0 aliphatic rings. The number of nitrogens with zero attached hydrogens (tertiary/aromatic N) is 1. The zero-order chi connectivity index (χ0) is 14.9. The quantitative estimate of drug-likeness (QED) is 0.904. The zero-order valence-corrected chi connectivity index (χ0v) is 12.0. The number of hydrogen-bond donors (Lipinski definition) is 1. The van der Waals surface area contributed by atoms with E-state index in [9.17, 15) is 10.1 Å². The number of hydrogen-bond acceptors (Lipinski definition) is 3. The van der Waals surface area contributed by atoms with Crippen LogP contribution < -0.4 is 5.32 Å². The van der Waals surface area contributed by atoms with Crippen molar-refractivity contribution in [3.63, 3.8) is 0 Å². The molecule has 0 unspecified atom stereocenters. The van der Waals surface area contributed by atoms with Crippen LogP contribution in [0.3, 0.4) is 0 Å². The molecule has 0 atom stereocenters. The number of anilines is 1. The number of benzene rings is 1. The number of nitriles is 1. The minimum absolute atomic E-state index is 0.251. The van der Waals surface area contributed by atoms with Gasteiger partial charge in [-0.2, -0.15) is 5.26 Å². The van der Waals surface area contributed by atoms with Gasteiger partial charge in [0, 0.05) is 5.56 Å². The van der Waals surface area contributed by atoms with Gasteiger partial charge in [0.05, 0.1) is 16.8 Å². The Morgan fingerprint density at radius 1 is 1.20 bits per heavy atom. The van der Waals surface area contributed by atoms with Crippen LogP contribution in [0.2, 0.25) is 0 Å². The summed E-state index contributed by atoms with van der Waals surface area (Å²) < 4.78 is 5.46. The average molecular weight is 268 g/mol. The molecule has 0 fully saturated rings. The first-order valence-electron chi connectivity index (χ1n) is 6.33. The van der Waals surface area contributed by atoms with E-state index in [1.165, 1.54) is 0 Å². The zero-order valence-electron chi connectivity index (χ0n) is 12.0. The Morgan fingerprint density at radius 2 is 1.90 bits per heavy atom. The third-order valence-electron chi connectivity index (χ3n) is 3.42. The summed E-state index contributed by atoms with van der Waals surface area (Å²) >= 11 is 0. The predicted octanol–water partition coefficient (Wildman–Crippen LogP) is 3.64. The topological polar surface area (TPSA) is 66.0 Å². The van der Waals surface area contributed by atoms with E-state index in [0.29, 0.717) is 22.6 Å². The van der Waals surface area contributed by atoms with Gasteiger partial charge in [0.25, 0.3) is 5.91 Å². The molecule has 1 amide bonds. The van der Waals surface area contributed by atoms with E-state index < -0.39 is 0 Å². The molecule has 1 heterocycles. The number of carbonyl (C=O) groups is 1. The van der Waals surface area contributed by atoms with E-state index >= 15 is 0 Å². The first-order chi connectivity index (χ1) is 9.45. The highest BCUT2D eigenvalue weighted by atomic mass is 16.3. The van der Waals surface area contributed by atoms with Crippen molar-refractivity contribution < 1.29 is 9.21 Å². The van der Waals surface area contributed by atoms with E-state index in [2.05, 4.69) is 11.4 Å². The Kier molecular flexibility index (Phi) is 3.62. The highest BCUT2D eigenvalue weighted by Gasteiger charge is 2.19. The minimum atomic E-state index is -0.251. The summed E-state index contributed by atoms with van der Waals surface area (Å²) in [7, 11) is 0. The normalized spacial score (nSPS) is 10.2. The van der Waals surface area contributed by atoms with Gasteiger partial charge in [-0.1, -0.05) is 12.1 Å². The lowest BCUT2D eigenvalue weighted by molar-refractivity contribution is 0.102. The summed E-state index contributed by atoms with van der Waals surface area (Å²) in [5, 5.41) is 12.0. The molecular weight excluding hydrogens is 252 g/mol. The molecule has 1 N–H and O–H groups in total. The maximum Gasteiger partial charge on any atom is 0.259 e. The molecule has 1 aromatic heterocycles. The fourth-order valence-corrected chi connectivity index (χ4v) is 2.23. The summed E-state index contributed by atoms with van der Waals surface area (Å²) in [6.07, 6.45) is 0. The van der Waals surface area contributed by atoms with Crippen molar-refractivity contribution in [3.05, 3.63) is 52.0 Å². The summed E-state index contributed by atoms with van der Waals surface area (Å²) in [6.45, 7) is 7.28. The second kappa shape index (κ2) is 5.22. The van der Waals surface area contributed by atoms with Gasteiger partial charge in [-0.15, -0.1) is 0 Å². The summed E-state index contributed by atoms with van der Waals surface area (Å²) in [5.41, 5.74) is 3.20. The number of amides is 1. The van der Waals surface area contributed by atoms with Crippen LogP contribution in [0.4, 0.5) is 5.69 Å². The number of aryl methyl sites for hydroxylation is 3. The maximum atomic E-state index is 12.4. The lowest BCUT2D eigenvalue weighted by Gasteiger charge is -2.08. The standard InChI is InChI=1S/C16H16N2O2/c1-9-6-5-7-14(13(9)8-17)18-16(19)15-10(2)11(3)20-12(15)4/h5-7H,1-4H3,(H,18,19). The van der Waals surface area contributed by atoms with Gasteiger partial charge in [0.1, 0.15) is 17.6 Å². The van der Waals surface area contributed by atoms with Crippen molar-refractivity contribution in [2.75, 3.05) is 5.32 Å². The highest BCUT2D eigenvalue weighted by molar-refractivity contribution is 6.06. The van der Waals surface area contributed by atoms with E-state index in [-0.39, 0.29) is 5.91 Å². The lowest BCUT2D eigenvalue weighted by atomic mass is 10.1. The molecule has 0 aliphatic carbocycles. The molecule has 1 aromatic carbocycles. The van der Waals surface area contributed by atoms with Crippen molar-refractivity contribution in [2.45, 2.75) is 27.7 Å². The maximum absolute atomic E-state index is 12.4. The molecule has 20 heavy (non-hydrogen) atoms. The predicted molar refractivity (Wildman–Crippen MR) is 76.8 cm³/mol. The summed E-state index contributed by atoms with van der Waals surface area (Å²) in [6, 6.07) is 7.49. The second-order valence-electron chi connectivity index (χ2n) is 4.78. The number of carbonyl (C=O) groups excluding carboxylic acids is 1. The molecule has 0 saturated carbocycles. The molecule has 0 radical (unpaired) electrons. The fraction of sp³-hybridized carbons (Fsp3) is 0.250. The third kappa shape index (κ3) is 2.30. The van der Waals surface area contributed by atoms with Gasteiger partial charge in [-0.3, -0.25) is 4.79 Å². The van der Waals surface area contributed by atoms with E-state index in [1.54, 1.807) is 13.0 Å². The van der Waals surface area contributed by atoms with Crippen molar-refractivity contribution in [3.8, 4) is 6.07 Å². The van der Waals surface area contributed by atoms with Gasteiger partial charge < -0.3 is 9.73 Å². The van der Waals surface area contributed by atoms with Crippen LogP contribution in [-0.4, -0.2) is 5.91 Å². The molecule has 0 spiro atoms. The van der Waals surface area contributed by atoms with Crippen LogP contribution in [0.15, 0.2) is 22.6 Å². The molecular formula is C16H16N2O2. The van der Waals surface area contributed by atoms with Gasteiger partial charge in [0.15, 0.2) is 0 Å². The largest absolute Gasteiger partial charge is 0.466 e. The Morgan fingerprint density at radius 3 is 2.45 bits per heavy atom. The summed E-state index contributed by atoms with van der Waals surface area (Å²) in [4.78, 5) is 12.4. The third-order valence-corrected chi connectivity index (χ3v) is 3.42. The van der Waals surface area contributed by atoms with Crippen LogP contribution in [0.25, 0.3) is 0 Å². The Bertz CT molecular complexity index is 721. The number of rotatable bonds is 2. The monoisotopic (exact) mass is 268 g/mol. The molecule has 102 valence electrons. The lowest BCUT2D eigenvalue weighted by Crippen LogP contribution is -2.14. The smallest absolute Gasteiger partial charge is 0.259 e. The van der Waals surface area contributed by atoms with Crippen molar-refractivity contribution in [2.24, 2.45) is 0 Å². The Hall–Kier alpha value is -2.54. The molecule has 4 heteroatoms. The molecule has 0 bridgehead atoms. The van der Waals surface area contributed by atoms with Crippen LogP contribution >= 0.6 is 0 Å². The molecule has 2 rings (SSSR count). The molecule has 2 aromatic rings. The highest BCUT2D eigenvalue weighted by Crippen LogP contribution is 2.24. The molecule has 4 nitrogen and oxygen atoms in total. The fourth-order valence-electron chi connectivity index (χ4n) is 2.23. The van der Waals surface area contributed by atoms with Gasteiger partial charge in [0.2, 0.25) is 0 Å². The van der Waals surface area contributed by atoms with Crippen molar-refractivity contribution >= 4 is 11.6 Å². The number of furan rings is 1. The van der Waals surface area contributed by atoms with Gasteiger partial charge >= 0.3 is 0 Å². The van der Waals surface area contributed by atoms with E-state index in [0.717, 1.165) is 16.9 Å². The van der Waals surface area contributed by atoms with Crippen molar-refractivity contribution in [1.29, 1.82) is 5.26 Å². The van der Waals surface area contributed by atoms with E-state index in [1.807, 2.05) is 32.9 Å². The minimum Gasteiger partial charge on any atom is -0.466 e. The summed E-state index contributed by atoms with van der Waals surface area (Å²) in [5.74, 6) is 1.07.